The van der Waals surface area contributed by atoms with Crippen LogP contribution in [0.4, 0.5) is 0 Å². The number of carbonyl (C=O) groups is 3. The van der Waals surface area contributed by atoms with Crippen LogP contribution in [-0.2, 0) is 9.59 Å². The Morgan fingerprint density at radius 2 is 1.76 bits per heavy atom. The maximum Gasteiger partial charge on any atom is 0.309 e. The van der Waals surface area contributed by atoms with E-state index in [1.54, 1.807) is 30.9 Å². The predicted octanol–water partition coefficient (Wildman–Crippen LogP) is 2.16. The lowest BCUT2D eigenvalue weighted by Gasteiger charge is -2.31. The second kappa shape index (κ2) is 8.14. The SMILES string of the molecule is CC(C)(CCNC(=O)C1CCN(C(=O)c2ccccc2)CC1)C(=O)O. The van der Waals surface area contributed by atoms with Gasteiger partial charge >= 0.3 is 5.97 Å². The Kier molecular flexibility index (Phi) is 6.17. The first-order valence-electron chi connectivity index (χ1n) is 8.67. The van der Waals surface area contributed by atoms with E-state index in [0.717, 1.165) is 0 Å². The third kappa shape index (κ3) is 5.05. The molecule has 6 nitrogen and oxygen atoms in total. The number of piperidine rings is 1. The molecule has 0 spiro atoms. The molecular formula is C19H26N2O4. The molecule has 25 heavy (non-hydrogen) atoms. The number of carboxylic acids is 1. The lowest BCUT2D eigenvalue weighted by atomic mass is 9.89. The molecular weight excluding hydrogens is 320 g/mol. The van der Waals surface area contributed by atoms with Gasteiger partial charge in [0.05, 0.1) is 5.41 Å². The minimum Gasteiger partial charge on any atom is -0.481 e. The van der Waals surface area contributed by atoms with Gasteiger partial charge in [0.2, 0.25) is 5.91 Å². The van der Waals surface area contributed by atoms with Gasteiger partial charge in [0, 0.05) is 31.1 Å². The molecule has 1 aliphatic heterocycles. The Balaban J connectivity index is 1.77. The van der Waals surface area contributed by atoms with E-state index in [1.165, 1.54) is 0 Å². The maximum absolute atomic E-state index is 12.4. The number of carbonyl (C=O) groups excluding carboxylic acids is 2. The number of carboxylic acid groups (broad SMARTS) is 1. The summed E-state index contributed by atoms with van der Waals surface area (Å²) in [7, 11) is 0. The number of hydrogen-bond acceptors (Lipinski definition) is 3. The van der Waals surface area contributed by atoms with Crippen molar-refractivity contribution in [2.75, 3.05) is 19.6 Å². The van der Waals surface area contributed by atoms with E-state index < -0.39 is 11.4 Å². The third-order valence-electron chi connectivity index (χ3n) is 4.80. The van der Waals surface area contributed by atoms with Crippen molar-refractivity contribution in [3.05, 3.63) is 35.9 Å². The zero-order chi connectivity index (χ0) is 18.4. The van der Waals surface area contributed by atoms with Gasteiger partial charge in [-0.1, -0.05) is 18.2 Å². The van der Waals surface area contributed by atoms with Gasteiger partial charge in [-0.25, -0.2) is 0 Å². The van der Waals surface area contributed by atoms with E-state index >= 15 is 0 Å². The molecule has 0 atom stereocenters. The zero-order valence-corrected chi connectivity index (χ0v) is 14.8. The highest BCUT2D eigenvalue weighted by atomic mass is 16.4. The Morgan fingerprint density at radius 1 is 1.16 bits per heavy atom. The van der Waals surface area contributed by atoms with Gasteiger partial charge < -0.3 is 15.3 Å². The summed E-state index contributed by atoms with van der Waals surface area (Å²) in [6.07, 6.45) is 1.65. The molecule has 1 heterocycles. The van der Waals surface area contributed by atoms with Gasteiger partial charge in [-0.2, -0.15) is 0 Å². The van der Waals surface area contributed by atoms with Gasteiger partial charge in [-0.05, 0) is 45.2 Å². The summed E-state index contributed by atoms with van der Waals surface area (Å²) in [5.74, 6) is -1.03. The average molecular weight is 346 g/mol. The van der Waals surface area contributed by atoms with E-state index in [0.29, 0.717) is 44.5 Å². The normalized spacial score (nSPS) is 15.7. The second-order valence-electron chi connectivity index (χ2n) is 7.16. The first-order chi connectivity index (χ1) is 11.8. The number of amides is 2. The lowest BCUT2D eigenvalue weighted by Crippen LogP contribution is -2.43. The van der Waals surface area contributed by atoms with Crippen LogP contribution in [0.1, 0.15) is 43.5 Å². The summed E-state index contributed by atoms with van der Waals surface area (Å²) in [5.41, 5.74) is -0.181. The first kappa shape index (κ1) is 19.0. The molecule has 2 rings (SSSR count). The van der Waals surface area contributed by atoms with Crippen LogP contribution in [0.25, 0.3) is 0 Å². The van der Waals surface area contributed by atoms with Crippen LogP contribution in [-0.4, -0.2) is 47.4 Å². The van der Waals surface area contributed by atoms with Gasteiger partial charge in [0.25, 0.3) is 5.91 Å². The summed E-state index contributed by atoms with van der Waals surface area (Å²) in [5, 5.41) is 11.9. The van der Waals surface area contributed by atoms with Gasteiger partial charge in [0.1, 0.15) is 0 Å². The van der Waals surface area contributed by atoms with E-state index in [1.807, 2.05) is 18.2 Å². The third-order valence-corrected chi connectivity index (χ3v) is 4.80. The van der Waals surface area contributed by atoms with Crippen molar-refractivity contribution in [3.8, 4) is 0 Å². The molecule has 2 amide bonds. The molecule has 1 aliphatic rings. The van der Waals surface area contributed by atoms with Crippen molar-refractivity contribution in [3.63, 3.8) is 0 Å². The molecule has 0 unspecified atom stereocenters. The molecule has 0 bridgehead atoms. The van der Waals surface area contributed by atoms with Crippen molar-refractivity contribution in [1.29, 1.82) is 0 Å². The largest absolute Gasteiger partial charge is 0.481 e. The highest BCUT2D eigenvalue weighted by Gasteiger charge is 2.29. The van der Waals surface area contributed by atoms with Crippen molar-refractivity contribution in [1.82, 2.24) is 10.2 Å². The number of benzene rings is 1. The lowest BCUT2D eigenvalue weighted by molar-refractivity contribution is -0.147. The standard InChI is InChI=1S/C19H26N2O4/c1-19(2,18(24)25)10-11-20-16(22)14-8-12-21(13-9-14)17(23)15-6-4-3-5-7-15/h3-7,14H,8-13H2,1-2H3,(H,20,22)(H,24,25). The highest BCUT2D eigenvalue weighted by molar-refractivity contribution is 5.94. The number of likely N-dealkylation sites (tertiary alicyclic amines) is 1. The Labute approximate surface area is 148 Å². The van der Waals surface area contributed by atoms with E-state index in [4.69, 9.17) is 5.11 Å². The first-order valence-corrected chi connectivity index (χ1v) is 8.67. The molecule has 0 radical (unpaired) electrons. The molecule has 1 aromatic rings. The Hall–Kier alpha value is -2.37. The average Bonchev–Trinajstić information content (AvgIpc) is 2.61. The summed E-state index contributed by atoms with van der Waals surface area (Å²) in [6, 6.07) is 9.15. The van der Waals surface area contributed by atoms with Gasteiger partial charge in [-0.3, -0.25) is 14.4 Å². The minimum atomic E-state index is -0.866. The fourth-order valence-corrected chi connectivity index (χ4v) is 2.86. The number of hydrogen-bond donors (Lipinski definition) is 2. The molecule has 1 aromatic carbocycles. The highest BCUT2D eigenvalue weighted by Crippen LogP contribution is 2.21. The molecule has 0 aliphatic carbocycles. The van der Waals surface area contributed by atoms with E-state index in [9.17, 15) is 14.4 Å². The quantitative estimate of drug-likeness (QED) is 0.826. The topological polar surface area (TPSA) is 86.7 Å². The van der Waals surface area contributed by atoms with Crippen LogP contribution in [0.5, 0.6) is 0 Å². The van der Waals surface area contributed by atoms with Crippen molar-refractivity contribution >= 4 is 17.8 Å². The van der Waals surface area contributed by atoms with Crippen molar-refractivity contribution in [2.24, 2.45) is 11.3 Å². The summed E-state index contributed by atoms with van der Waals surface area (Å²) in [6.45, 7) is 4.77. The van der Waals surface area contributed by atoms with Crippen molar-refractivity contribution in [2.45, 2.75) is 33.1 Å². The van der Waals surface area contributed by atoms with Crippen LogP contribution in [0.2, 0.25) is 0 Å². The predicted molar refractivity (Wildman–Crippen MR) is 94.1 cm³/mol. The van der Waals surface area contributed by atoms with Crippen LogP contribution in [0.3, 0.4) is 0 Å². The number of rotatable bonds is 6. The van der Waals surface area contributed by atoms with Crippen LogP contribution >= 0.6 is 0 Å². The smallest absolute Gasteiger partial charge is 0.309 e. The zero-order valence-electron chi connectivity index (χ0n) is 14.8. The fourth-order valence-electron chi connectivity index (χ4n) is 2.86. The molecule has 0 aromatic heterocycles. The summed E-state index contributed by atoms with van der Waals surface area (Å²) >= 11 is 0. The van der Waals surface area contributed by atoms with E-state index in [2.05, 4.69) is 5.32 Å². The fraction of sp³-hybridized carbons (Fsp3) is 0.526. The van der Waals surface area contributed by atoms with Crippen molar-refractivity contribution < 1.29 is 19.5 Å². The summed E-state index contributed by atoms with van der Waals surface area (Å²) < 4.78 is 0. The molecule has 1 fully saturated rings. The molecule has 2 N–H and O–H groups in total. The van der Waals surface area contributed by atoms with Gasteiger partial charge in [-0.15, -0.1) is 0 Å². The van der Waals surface area contributed by atoms with Crippen LogP contribution in [0, 0.1) is 11.3 Å². The summed E-state index contributed by atoms with van der Waals surface area (Å²) in [4.78, 5) is 37.5. The Morgan fingerprint density at radius 3 is 2.32 bits per heavy atom. The molecule has 6 heteroatoms. The number of nitrogens with one attached hydrogen (secondary N) is 1. The number of nitrogens with zero attached hydrogens (tertiary/aromatic N) is 1. The number of aliphatic carboxylic acids is 1. The molecule has 136 valence electrons. The molecule has 0 saturated carbocycles. The second-order valence-corrected chi connectivity index (χ2v) is 7.16. The van der Waals surface area contributed by atoms with E-state index in [-0.39, 0.29) is 17.7 Å². The molecule has 1 saturated heterocycles. The maximum atomic E-state index is 12.4. The van der Waals surface area contributed by atoms with Crippen LogP contribution in [0.15, 0.2) is 30.3 Å². The monoisotopic (exact) mass is 346 g/mol. The van der Waals surface area contributed by atoms with Crippen LogP contribution < -0.4 is 5.32 Å². The van der Waals surface area contributed by atoms with Gasteiger partial charge in [0.15, 0.2) is 0 Å². The Bertz CT molecular complexity index is 620. The minimum absolute atomic E-state index is 0.00247.